The van der Waals surface area contributed by atoms with Crippen LogP contribution in [0.1, 0.15) is 56.9 Å². The van der Waals surface area contributed by atoms with Crippen molar-refractivity contribution in [3.8, 4) is 0 Å². The molecule has 4 heteroatoms. The molecule has 1 fully saturated rings. The maximum absolute atomic E-state index is 6.35. The normalized spacial score (nSPS) is 27.2. The molecule has 4 unspecified atom stereocenters. The summed E-state index contributed by atoms with van der Waals surface area (Å²) in [5.41, 5.74) is 6.13. The van der Waals surface area contributed by atoms with Crippen molar-refractivity contribution in [1.82, 2.24) is 0 Å². The molecule has 0 amide bonds. The van der Waals surface area contributed by atoms with Gasteiger partial charge in [-0.2, -0.15) is 0 Å². The zero-order valence-corrected chi connectivity index (χ0v) is 14.2. The molecular weight excluding hydrogens is 322 g/mol. The van der Waals surface area contributed by atoms with Crippen molar-refractivity contribution in [3.63, 3.8) is 0 Å². The first-order valence-corrected chi connectivity index (χ1v) is 8.92. The number of ether oxygens (including phenoxy) is 1. The maximum Gasteiger partial charge on any atom is 0.107 e. The molecule has 108 valence electrons. The zero-order chi connectivity index (χ0) is 13.8. The van der Waals surface area contributed by atoms with Crippen LogP contribution in [0, 0.1) is 5.92 Å². The van der Waals surface area contributed by atoms with Gasteiger partial charge in [0.1, 0.15) is 6.10 Å². The molecule has 0 aromatic carbocycles. The molecule has 2 N–H and O–H groups in total. The van der Waals surface area contributed by atoms with Gasteiger partial charge in [-0.05, 0) is 47.7 Å². The standard InChI is InChI=1S/C15H24BrNOS/c1-3-11-5-4-6-13(7-11)18-15(10(2)17)14-8-12(16)9-19-14/h8-11,13,15H,3-7,17H2,1-2H3. The van der Waals surface area contributed by atoms with Gasteiger partial charge in [0, 0.05) is 20.8 Å². The van der Waals surface area contributed by atoms with Crippen molar-refractivity contribution in [2.75, 3.05) is 0 Å². The van der Waals surface area contributed by atoms with Crippen molar-refractivity contribution in [3.05, 3.63) is 20.8 Å². The Kier molecular flexibility index (Phi) is 5.87. The van der Waals surface area contributed by atoms with Crippen LogP contribution in [0.3, 0.4) is 0 Å². The highest BCUT2D eigenvalue weighted by Crippen LogP contribution is 2.35. The van der Waals surface area contributed by atoms with Gasteiger partial charge in [-0.15, -0.1) is 11.3 Å². The minimum Gasteiger partial charge on any atom is -0.368 e. The first kappa shape index (κ1) is 15.5. The summed E-state index contributed by atoms with van der Waals surface area (Å²) in [5.74, 6) is 0.836. The van der Waals surface area contributed by atoms with E-state index in [1.165, 1.54) is 37.0 Å². The second-order valence-electron chi connectivity index (χ2n) is 5.65. The van der Waals surface area contributed by atoms with Gasteiger partial charge < -0.3 is 10.5 Å². The SMILES string of the molecule is CCC1CCCC(OC(c2cc(Br)cs2)C(C)N)C1. The third-order valence-electron chi connectivity index (χ3n) is 4.00. The zero-order valence-electron chi connectivity index (χ0n) is 11.8. The predicted molar refractivity (Wildman–Crippen MR) is 85.5 cm³/mol. The minimum absolute atomic E-state index is 0.0348. The molecule has 1 aliphatic rings. The van der Waals surface area contributed by atoms with E-state index in [1.54, 1.807) is 11.3 Å². The number of thiophene rings is 1. The third-order valence-corrected chi connectivity index (χ3v) is 5.75. The van der Waals surface area contributed by atoms with E-state index in [9.17, 15) is 0 Å². The van der Waals surface area contributed by atoms with Crippen molar-refractivity contribution in [2.45, 2.75) is 64.2 Å². The Balaban J connectivity index is 2.00. The monoisotopic (exact) mass is 345 g/mol. The molecule has 1 heterocycles. The van der Waals surface area contributed by atoms with Gasteiger partial charge >= 0.3 is 0 Å². The molecular formula is C15H24BrNOS. The number of nitrogens with two attached hydrogens (primary N) is 1. The molecule has 4 atom stereocenters. The first-order valence-electron chi connectivity index (χ1n) is 7.25. The molecule has 1 aliphatic carbocycles. The number of rotatable bonds is 5. The van der Waals surface area contributed by atoms with Gasteiger partial charge in [0.05, 0.1) is 6.10 Å². The minimum atomic E-state index is 0.0348. The molecule has 0 spiro atoms. The Morgan fingerprint density at radius 1 is 1.53 bits per heavy atom. The maximum atomic E-state index is 6.35. The van der Waals surface area contributed by atoms with E-state index >= 15 is 0 Å². The van der Waals surface area contributed by atoms with E-state index in [1.807, 2.05) is 6.92 Å². The topological polar surface area (TPSA) is 35.2 Å². The molecule has 1 aromatic rings. The van der Waals surface area contributed by atoms with Crippen LogP contribution in [0.5, 0.6) is 0 Å². The van der Waals surface area contributed by atoms with Gasteiger partial charge in [-0.25, -0.2) is 0 Å². The summed E-state index contributed by atoms with van der Waals surface area (Å²) in [4.78, 5) is 1.24. The van der Waals surface area contributed by atoms with Crippen LogP contribution in [0.4, 0.5) is 0 Å². The highest BCUT2D eigenvalue weighted by molar-refractivity contribution is 9.10. The van der Waals surface area contributed by atoms with Crippen molar-refractivity contribution < 1.29 is 4.74 Å². The summed E-state index contributed by atoms with van der Waals surface area (Å²) in [7, 11) is 0. The van der Waals surface area contributed by atoms with Gasteiger partial charge in [0.25, 0.3) is 0 Å². The lowest BCUT2D eigenvalue weighted by molar-refractivity contribution is -0.0492. The van der Waals surface area contributed by atoms with Gasteiger partial charge in [-0.3, -0.25) is 0 Å². The van der Waals surface area contributed by atoms with E-state index in [0.29, 0.717) is 6.10 Å². The molecule has 1 saturated carbocycles. The predicted octanol–water partition coefficient (Wildman–Crippen LogP) is 4.88. The van der Waals surface area contributed by atoms with E-state index < -0.39 is 0 Å². The summed E-state index contributed by atoms with van der Waals surface area (Å²) in [5, 5.41) is 2.10. The summed E-state index contributed by atoms with van der Waals surface area (Å²) >= 11 is 5.24. The highest BCUT2D eigenvalue weighted by Gasteiger charge is 2.27. The quantitative estimate of drug-likeness (QED) is 0.824. The molecule has 19 heavy (non-hydrogen) atoms. The van der Waals surface area contributed by atoms with Crippen LogP contribution in [-0.2, 0) is 4.74 Å². The molecule has 0 radical (unpaired) electrons. The molecule has 0 saturated heterocycles. The summed E-state index contributed by atoms with van der Waals surface area (Å²) in [6.45, 7) is 4.32. The van der Waals surface area contributed by atoms with Crippen LogP contribution < -0.4 is 5.73 Å². The van der Waals surface area contributed by atoms with Crippen molar-refractivity contribution in [2.24, 2.45) is 11.7 Å². The molecule has 2 nitrogen and oxygen atoms in total. The summed E-state index contributed by atoms with van der Waals surface area (Å²) in [6.07, 6.45) is 6.74. The molecule has 0 bridgehead atoms. The van der Waals surface area contributed by atoms with Crippen LogP contribution in [0.25, 0.3) is 0 Å². The molecule has 0 aliphatic heterocycles. The average Bonchev–Trinajstić information content (AvgIpc) is 2.82. The fraction of sp³-hybridized carbons (Fsp3) is 0.733. The van der Waals surface area contributed by atoms with Crippen molar-refractivity contribution in [1.29, 1.82) is 0 Å². The van der Waals surface area contributed by atoms with Crippen LogP contribution in [-0.4, -0.2) is 12.1 Å². The highest BCUT2D eigenvalue weighted by atomic mass is 79.9. The second kappa shape index (κ2) is 7.21. The van der Waals surface area contributed by atoms with Crippen LogP contribution in [0.2, 0.25) is 0 Å². The third kappa shape index (κ3) is 4.28. The fourth-order valence-electron chi connectivity index (χ4n) is 2.87. The van der Waals surface area contributed by atoms with E-state index in [4.69, 9.17) is 10.5 Å². The fourth-order valence-corrected chi connectivity index (χ4v) is 4.47. The lowest BCUT2D eigenvalue weighted by Gasteiger charge is -2.32. The Labute approximate surface area is 128 Å². The van der Waals surface area contributed by atoms with Gasteiger partial charge in [0.2, 0.25) is 0 Å². The lowest BCUT2D eigenvalue weighted by atomic mass is 9.85. The van der Waals surface area contributed by atoms with Gasteiger partial charge in [-0.1, -0.05) is 26.2 Å². The van der Waals surface area contributed by atoms with Crippen molar-refractivity contribution >= 4 is 27.3 Å². The Morgan fingerprint density at radius 3 is 2.89 bits per heavy atom. The van der Waals surface area contributed by atoms with E-state index in [2.05, 4.69) is 34.3 Å². The van der Waals surface area contributed by atoms with E-state index in [0.717, 1.165) is 10.4 Å². The number of halogens is 1. The Bertz CT molecular complexity index is 393. The van der Waals surface area contributed by atoms with Crippen LogP contribution in [0.15, 0.2) is 15.9 Å². The smallest absolute Gasteiger partial charge is 0.107 e. The molecule has 2 rings (SSSR count). The lowest BCUT2D eigenvalue weighted by Crippen LogP contribution is -2.32. The summed E-state index contributed by atoms with van der Waals surface area (Å²) in [6, 6.07) is 2.17. The largest absolute Gasteiger partial charge is 0.368 e. The Hall–Kier alpha value is 0.1000. The number of hydrogen-bond donors (Lipinski definition) is 1. The van der Waals surface area contributed by atoms with E-state index in [-0.39, 0.29) is 12.1 Å². The summed E-state index contributed by atoms with van der Waals surface area (Å²) < 4.78 is 7.47. The van der Waals surface area contributed by atoms with Crippen LogP contribution >= 0.6 is 27.3 Å². The molecule has 1 aromatic heterocycles. The second-order valence-corrected chi connectivity index (χ2v) is 7.50. The number of hydrogen-bond acceptors (Lipinski definition) is 3. The average molecular weight is 346 g/mol. The Morgan fingerprint density at radius 2 is 2.32 bits per heavy atom. The van der Waals surface area contributed by atoms with Gasteiger partial charge in [0.15, 0.2) is 0 Å². The first-order chi connectivity index (χ1) is 9.10.